The van der Waals surface area contributed by atoms with Crippen molar-refractivity contribution in [1.82, 2.24) is 4.81 Å². The van der Waals surface area contributed by atoms with Crippen LogP contribution in [0.3, 0.4) is 0 Å². The van der Waals surface area contributed by atoms with Gasteiger partial charge in [-0.2, -0.15) is 0 Å². The first-order valence-electron chi connectivity index (χ1n) is 17.7. The fourth-order valence-corrected chi connectivity index (χ4v) is 8.68. The van der Waals surface area contributed by atoms with Crippen molar-refractivity contribution >= 4 is 21.8 Å². The third-order valence-corrected chi connectivity index (χ3v) is 11.3. The average Bonchev–Trinajstić information content (AvgIpc) is 2.89. The van der Waals surface area contributed by atoms with Crippen LogP contribution in [0.25, 0.3) is 0 Å². The van der Waals surface area contributed by atoms with Crippen LogP contribution >= 0.6 is 0 Å². The quantitative estimate of drug-likeness (QED) is 0.334. The Labute approximate surface area is 236 Å². The van der Waals surface area contributed by atoms with Gasteiger partial charge < -0.3 is 4.81 Å². The van der Waals surface area contributed by atoms with Gasteiger partial charge in [0, 0.05) is 0 Å². The summed E-state index contributed by atoms with van der Waals surface area (Å²) in [6, 6.07) is 0. The first-order valence-corrected chi connectivity index (χ1v) is 17.7. The normalized spacial score (nSPS) is 30.2. The van der Waals surface area contributed by atoms with Crippen LogP contribution in [0.2, 0.25) is 10.6 Å². The van der Waals surface area contributed by atoms with E-state index in [2.05, 4.69) is 25.6 Å². The molecule has 0 bridgehead atoms. The molecule has 3 fully saturated rings. The Bertz CT molecular complexity index is 572. The van der Waals surface area contributed by atoms with E-state index in [1.807, 2.05) is 0 Å². The second kappa shape index (κ2) is 17.1. The summed E-state index contributed by atoms with van der Waals surface area (Å²) in [5, 5.41) is 1.12. The van der Waals surface area contributed by atoms with Gasteiger partial charge >= 0.3 is 0 Å². The Kier molecular flexibility index (Phi) is 14.6. The molecule has 1 unspecified atom stereocenters. The van der Waals surface area contributed by atoms with Crippen LogP contribution < -0.4 is 0 Å². The Hall–Kier alpha value is 0.155. The molecule has 212 valence electrons. The third-order valence-electron chi connectivity index (χ3n) is 11.3. The first kappa shape index (κ1) is 31.7. The fourth-order valence-electron chi connectivity index (χ4n) is 8.68. The first-order chi connectivity index (χ1) is 17.9. The van der Waals surface area contributed by atoms with Crippen molar-refractivity contribution in [3.63, 3.8) is 0 Å². The molecule has 0 aromatic carbocycles. The van der Waals surface area contributed by atoms with Gasteiger partial charge in [0.15, 0.2) is 14.6 Å². The van der Waals surface area contributed by atoms with Gasteiger partial charge in [0.2, 0.25) is 0 Å². The highest BCUT2D eigenvalue weighted by Crippen LogP contribution is 2.44. The molecule has 1 atom stereocenters. The topological polar surface area (TPSA) is 3.24 Å². The predicted molar refractivity (Wildman–Crippen MR) is 173 cm³/mol. The van der Waals surface area contributed by atoms with Crippen molar-refractivity contribution in [2.45, 2.75) is 204 Å². The van der Waals surface area contributed by atoms with Gasteiger partial charge in [-0.15, -0.1) is 0 Å². The van der Waals surface area contributed by atoms with Crippen molar-refractivity contribution in [1.29, 1.82) is 0 Å². The van der Waals surface area contributed by atoms with E-state index in [1.54, 1.807) is 0 Å². The molecule has 3 rings (SSSR count). The molecule has 0 spiro atoms. The van der Waals surface area contributed by atoms with Crippen molar-refractivity contribution in [3.8, 4) is 0 Å². The minimum Gasteiger partial charge on any atom is -0.354 e. The van der Waals surface area contributed by atoms with E-state index in [4.69, 9.17) is 0 Å². The molecule has 0 radical (unpaired) electrons. The summed E-state index contributed by atoms with van der Waals surface area (Å²) < 4.78 is 0. The van der Waals surface area contributed by atoms with Crippen LogP contribution in [0.1, 0.15) is 188 Å². The summed E-state index contributed by atoms with van der Waals surface area (Å²) in [6.07, 6.45) is 38.4. The summed E-state index contributed by atoms with van der Waals surface area (Å²) in [7, 11) is 4.26. The lowest BCUT2D eigenvalue weighted by Gasteiger charge is -2.48. The molecular formula is C33H66B3N. The zero-order valence-corrected chi connectivity index (χ0v) is 26.2. The molecule has 37 heavy (non-hydrogen) atoms. The smallest absolute Gasteiger partial charge is 0.166 e. The molecular weight excluding hydrogens is 443 g/mol. The van der Waals surface area contributed by atoms with Crippen LogP contribution in [0, 0.1) is 0 Å². The van der Waals surface area contributed by atoms with Crippen LogP contribution in [0.15, 0.2) is 0 Å². The van der Waals surface area contributed by atoms with E-state index < -0.39 is 0 Å². The summed E-state index contributed by atoms with van der Waals surface area (Å²) in [6.45, 7) is 9.49. The highest BCUT2D eigenvalue weighted by molar-refractivity contribution is 7.00. The van der Waals surface area contributed by atoms with E-state index in [0.29, 0.717) is 16.1 Å². The van der Waals surface area contributed by atoms with E-state index in [0.717, 1.165) is 0 Å². The Balaban J connectivity index is 1.71. The molecule has 1 saturated heterocycles. The molecule has 1 heterocycles. The van der Waals surface area contributed by atoms with Crippen molar-refractivity contribution < 1.29 is 0 Å². The molecule has 4 heteroatoms. The van der Waals surface area contributed by atoms with Crippen LogP contribution in [-0.4, -0.2) is 38.5 Å². The lowest BCUT2D eigenvalue weighted by atomic mass is 9.29. The standard InChI is InChI=1S/C33H66B3N/c1-31(25-19-13-8-4-5-9-14-20-26-31)34-33(3)29-23-17-12-18-24-30-37(33)36-35-32(2)27-21-15-10-6-7-11-16-22-28-32/h34-36H,4-30H2,1-3H3. The number of hydrogen-bond donors (Lipinski definition) is 0. The molecule has 2 aliphatic carbocycles. The molecule has 2 saturated carbocycles. The molecule has 1 nitrogen and oxygen atoms in total. The van der Waals surface area contributed by atoms with Gasteiger partial charge in [-0.3, -0.25) is 0 Å². The largest absolute Gasteiger partial charge is 0.354 e. The summed E-state index contributed by atoms with van der Waals surface area (Å²) in [5.74, 6) is 0. The Morgan fingerprint density at radius 1 is 0.405 bits per heavy atom. The number of nitrogens with zero attached hydrogens (tertiary/aromatic N) is 1. The van der Waals surface area contributed by atoms with Gasteiger partial charge in [0.05, 0.1) is 0 Å². The molecule has 0 aromatic heterocycles. The highest BCUT2D eigenvalue weighted by Gasteiger charge is 2.41. The Morgan fingerprint density at radius 3 is 1.22 bits per heavy atom. The highest BCUT2D eigenvalue weighted by atomic mass is 15.1. The minimum absolute atomic E-state index is 0.406. The van der Waals surface area contributed by atoms with E-state index >= 15 is 0 Å². The molecule has 0 amide bonds. The summed E-state index contributed by atoms with van der Waals surface area (Å²) >= 11 is 0. The predicted octanol–water partition coefficient (Wildman–Crippen LogP) is 9.68. The van der Waals surface area contributed by atoms with Gasteiger partial charge in [-0.25, -0.2) is 0 Å². The zero-order valence-electron chi connectivity index (χ0n) is 26.2. The Morgan fingerprint density at radius 2 is 0.757 bits per heavy atom. The van der Waals surface area contributed by atoms with Crippen LogP contribution in [0.5, 0.6) is 0 Å². The maximum absolute atomic E-state index is 3.09. The van der Waals surface area contributed by atoms with Crippen LogP contribution in [0.4, 0.5) is 0 Å². The molecule has 0 N–H and O–H groups in total. The third kappa shape index (κ3) is 12.1. The maximum atomic E-state index is 3.09. The average molecular weight is 509 g/mol. The molecule has 3 aliphatic rings. The molecule has 0 aromatic rings. The summed E-state index contributed by atoms with van der Waals surface area (Å²) in [4.78, 5) is 3.09. The SMILES string of the molecule is CC1(BBN2CCCCCCCC2(C)BC2(C)CCCCCCCCCC2)CCCCCCCCCC1. The second-order valence-corrected chi connectivity index (χ2v) is 15.2. The van der Waals surface area contributed by atoms with Crippen molar-refractivity contribution in [2.24, 2.45) is 0 Å². The monoisotopic (exact) mass is 510 g/mol. The van der Waals surface area contributed by atoms with Crippen LogP contribution in [-0.2, 0) is 0 Å². The van der Waals surface area contributed by atoms with Crippen molar-refractivity contribution in [3.05, 3.63) is 0 Å². The van der Waals surface area contributed by atoms with Gasteiger partial charge in [0.25, 0.3) is 0 Å². The zero-order chi connectivity index (χ0) is 26.3. The minimum atomic E-state index is 0.406. The van der Waals surface area contributed by atoms with E-state index in [9.17, 15) is 0 Å². The maximum Gasteiger partial charge on any atom is 0.166 e. The van der Waals surface area contributed by atoms with Gasteiger partial charge in [-0.1, -0.05) is 185 Å². The molecule has 1 aliphatic heterocycles. The lowest BCUT2D eigenvalue weighted by Crippen LogP contribution is -2.57. The van der Waals surface area contributed by atoms with E-state index in [-0.39, 0.29) is 0 Å². The lowest BCUT2D eigenvalue weighted by molar-refractivity contribution is 0.274. The fraction of sp³-hybridized carbons (Fsp3) is 1.00. The number of hydrogen-bond acceptors (Lipinski definition) is 1. The second-order valence-electron chi connectivity index (χ2n) is 15.2. The van der Waals surface area contributed by atoms with Gasteiger partial charge in [0.1, 0.15) is 7.17 Å². The summed E-state index contributed by atoms with van der Waals surface area (Å²) in [5.41, 5.74) is 0.406. The van der Waals surface area contributed by atoms with Crippen molar-refractivity contribution in [2.75, 3.05) is 6.54 Å². The number of rotatable bonds is 5. The van der Waals surface area contributed by atoms with E-state index in [1.165, 1.54) is 195 Å². The van der Waals surface area contributed by atoms with Gasteiger partial charge in [-0.05, 0) is 24.8 Å².